The monoisotopic (exact) mass is 630 g/mol. The Morgan fingerprint density at radius 1 is 0.977 bits per heavy atom. The number of likely N-dealkylation sites (tertiary alicyclic amines) is 1. The van der Waals surface area contributed by atoms with E-state index in [9.17, 15) is 29.1 Å². The van der Waals surface area contributed by atoms with E-state index in [1.807, 2.05) is 0 Å². The number of primary amides is 2. The Balaban J connectivity index is 1.89. The van der Waals surface area contributed by atoms with E-state index in [0.29, 0.717) is 11.1 Å². The highest BCUT2D eigenvalue weighted by Crippen LogP contribution is 2.40. The molecule has 2 aromatic carbocycles. The second-order valence-corrected chi connectivity index (χ2v) is 12.6. The van der Waals surface area contributed by atoms with Crippen molar-refractivity contribution in [1.82, 2.24) is 10.6 Å². The highest BCUT2D eigenvalue weighted by molar-refractivity contribution is 6.21. The number of rotatable bonds is 12. The number of ether oxygens (including phenoxy) is 1. The second-order valence-electron chi connectivity index (χ2n) is 12.0. The number of carbonyl (C=O) groups is 5. The van der Waals surface area contributed by atoms with E-state index >= 15 is 0 Å². The summed E-state index contributed by atoms with van der Waals surface area (Å²) in [6.45, 7) is 5.21. The van der Waals surface area contributed by atoms with Crippen LogP contribution in [-0.4, -0.2) is 81.0 Å². The lowest BCUT2D eigenvalue weighted by molar-refractivity contribution is -0.904. The molecular formula is C31H41ClN5O7+. The molecule has 1 fully saturated rings. The maximum absolute atomic E-state index is 14.3. The molecule has 0 bridgehead atoms. The first kappa shape index (κ1) is 34.5. The van der Waals surface area contributed by atoms with Gasteiger partial charge in [-0.05, 0) is 38.3 Å². The maximum atomic E-state index is 14.3. The van der Waals surface area contributed by atoms with Crippen LogP contribution in [0.15, 0.2) is 60.7 Å². The van der Waals surface area contributed by atoms with E-state index in [0.717, 1.165) is 0 Å². The first-order valence-corrected chi connectivity index (χ1v) is 14.7. The number of quaternary nitrogens is 1. The topological polar surface area (TPSA) is 191 Å². The maximum Gasteiger partial charge on any atom is 0.408 e. The number of nitrogens with one attached hydrogen (secondary N) is 2. The minimum atomic E-state index is -1.83. The average Bonchev–Trinajstić information content (AvgIpc) is 3.34. The van der Waals surface area contributed by atoms with Crippen molar-refractivity contribution in [1.29, 1.82) is 0 Å². The highest BCUT2D eigenvalue weighted by Gasteiger charge is 2.62. The molecular weight excluding hydrogens is 590 g/mol. The predicted octanol–water partition coefficient (Wildman–Crippen LogP) is 1.25. The second kappa shape index (κ2) is 14.7. The minimum Gasteiger partial charge on any atom is -0.445 e. The van der Waals surface area contributed by atoms with Crippen LogP contribution < -0.4 is 22.1 Å². The van der Waals surface area contributed by atoms with Crippen LogP contribution in [-0.2, 0) is 36.9 Å². The smallest absolute Gasteiger partial charge is 0.408 e. The summed E-state index contributed by atoms with van der Waals surface area (Å²) in [5.74, 6) is -3.23. The summed E-state index contributed by atoms with van der Waals surface area (Å²) in [7, 11) is 0. The fourth-order valence-corrected chi connectivity index (χ4v) is 6.09. The van der Waals surface area contributed by atoms with E-state index in [1.165, 1.54) is 0 Å². The number of aliphatic hydroxyl groups excluding tert-OH is 1. The average molecular weight is 631 g/mol. The Morgan fingerprint density at radius 2 is 1.55 bits per heavy atom. The number of alkyl carbamates (subject to hydrolysis) is 1. The molecule has 13 heteroatoms. The van der Waals surface area contributed by atoms with Crippen LogP contribution in [0, 0.1) is 0 Å². The third kappa shape index (κ3) is 8.34. The fourth-order valence-electron chi connectivity index (χ4n) is 5.70. The molecule has 1 aliphatic heterocycles. The summed E-state index contributed by atoms with van der Waals surface area (Å²) >= 11 is 6.46. The molecule has 0 radical (unpaired) electrons. The Morgan fingerprint density at radius 3 is 2.07 bits per heavy atom. The van der Waals surface area contributed by atoms with Gasteiger partial charge >= 0.3 is 12.0 Å². The molecule has 0 aliphatic carbocycles. The van der Waals surface area contributed by atoms with Crippen LogP contribution >= 0.6 is 11.6 Å². The lowest BCUT2D eigenvalue weighted by Gasteiger charge is -2.47. The standard InChI is InChI=1S/C31H40ClN5O7/c1-31(2,3)37(17-21(32)15-24(37)27(34)40)29(42)26(39)22(14-19-10-6-4-7-11-19)35-28(41)23(16-25(33)38)36-30(43)44-18-20-12-8-5-9-13-20/h4-13,21-24,26,39H,14-18H2,1-3H3,(H5-,33,34,35,36,38,40,41,43)/p+1/t21-,22+,23+,24+,26+,37?/m1/s1. The summed E-state index contributed by atoms with van der Waals surface area (Å²) < 4.78 is 4.67. The van der Waals surface area contributed by atoms with Crippen molar-refractivity contribution in [3.8, 4) is 0 Å². The molecule has 7 N–H and O–H groups in total. The van der Waals surface area contributed by atoms with Gasteiger partial charge in [0, 0.05) is 6.42 Å². The van der Waals surface area contributed by atoms with Crippen molar-refractivity contribution < 1.29 is 38.3 Å². The van der Waals surface area contributed by atoms with Crippen molar-refractivity contribution in [3.63, 3.8) is 0 Å². The van der Waals surface area contributed by atoms with Gasteiger partial charge in [0.25, 0.3) is 5.91 Å². The molecule has 0 aromatic heterocycles. The van der Waals surface area contributed by atoms with Gasteiger partial charge in [0.2, 0.25) is 11.8 Å². The Hall–Kier alpha value is -4.00. The van der Waals surface area contributed by atoms with Crippen LogP contribution in [0.5, 0.6) is 0 Å². The number of alkyl halides is 1. The SMILES string of the molecule is CC(C)(C)[N+]1(C(=O)[C@@H](O)[C@H](Cc2ccccc2)NC(=O)[C@H](CC(N)=O)NC(=O)OCc2ccccc2)C[C@H](Cl)C[C@H]1C(N)=O. The van der Waals surface area contributed by atoms with Gasteiger partial charge in [-0.3, -0.25) is 14.4 Å². The van der Waals surface area contributed by atoms with Crippen LogP contribution in [0.25, 0.3) is 0 Å². The molecule has 5 amide bonds. The van der Waals surface area contributed by atoms with Gasteiger partial charge in [-0.15, -0.1) is 11.6 Å². The van der Waals surface area contributed by atoms with Crippen LogP contribution in [0.1, 0.15) is 44.7 Å². The van der Waals surface area contributed by atoms with Crippen molar-refractivity contribution in [3.05, 3.63) is 71.8 Å². The molecule has 238 valence electrons. The van der Waals surface area contributed by atoms with E-state index in [1.54, 1.807) is 81.4 Å². The predicted molar refractivity (Wildman–Crippen MR) is 163 cm³/mol. The van der Waals surface area contributed by atoms with Crippen molar-refractivity contribution in [2.24, 2.45) is 11.5 Å². The molecule has 6 atom stereocenters. The zero-order chi connectivity index (χ0) is 32.7. The summed E-state index contributed by atoms with van der Waals surface area (Å²) in [4.78, 5) is 64.8. The number of carbonyl (C=O) groups excluding carboxylic acids is 5. The van der Waals surface area contributed by atoms with Gasteiger partial charge < -0.3 is 31.9 Å². The van der Waals surface area contributed by atoms with E-state index in [4.69, 9.17) is 27.8 Å². The number of hydrogen-bond acceptors (Lipinski definition) is 7. The molecule has 12 nitrogen and oxygen atoms in total. The van der Waals surface area contributed by atoms with Crippen LogP contribution in [0.2, 0.25) is 0 Å². The van der Waals surface area contributed by atoms with E-state index in [-0.39, 0.29) is 26.0 Å². The Labute approximate surface area is 261 Å². The van der Waals surface area contributed by atoms with Crippen LogP contribution in [0.4, 0.5) is 4.79 Å². The van der Waals surface area contributed by atoms with Gasteiger partial charge in [0.1, 0.15) is 19.2 Å². The summed E-state index contributed by atoms with van der Waals surface area (Å²) in [6, 6.07) is 13.9. The number of aliphatic hydroxyl groups is 1. The largest absolute Gasteiger partial charge is 0.445 e. The molecule has 3 rings (SSSR count). The third-order valence-electron chi connectivity index (χ3n) is 7.90. The van der Waals surface area contributed by atoms with Gasteiger partial charge in [-0.1, -0.05) is 60.7 Å². The molecule has 1 aliphatic rings. The zero-order valence-electron chi connectivity index (χ0n) is 25.1. The number of hydrogen-bond donors (Lipinski definition) is 5. The molecule has 1 unspecified atom stereocenters. The lowest BCUT2D eigenvalue weighted by atomic mass is 9.93. The van der Waals surface area contributed by atoms with Crippen molar-refractivity contribution >= 4 is 41.3 Å². The normalized spacial score (nSPS) is 21.8. The van der Waals surface area contributed by atoms with Gasteiger partial charge in [0.15, 0.2) is 12.1 Å². The third-order valence-corrected chi connectivity index (χ3v) is 8.22. The molecule has 1 heterocycles. The Kier molecular flexibility index (Phi) is 11.5. The molecule has 0 spiro atoms. The van der Waals surface area contributed by atoms with Crippen molar-refractivity contribution in [2.75, 3.05) is 6.54 Å². The summed E-state index contributed by atoms with van der Waals surface area (Å²) in [6.07, 6.45) is -3.25. The van der Waals surface area contributed by atoms with Gasteiger partial charge in [-0.25, -0.2) is 14.1 Å². The number of halogens is 1. The number of benzene rings is 2. The first-order valence-electron chi connectivity index (χ1n) is 14.3. The number of amides is 5. The highest BCUT2D eigenvalue weighted by atomic mass is 35.5. The molecule has 44 heavy (non-hydrogen) atoms. The first-order chi connectivity index (χ1) is 20.7. The summed E-state index contributed by atoms with van der Waals surface area (Å²) in [5.41, 5.74) is 11.6. The van der Waals surface area contributed by atoms with E-state index < -0.39 is 75.8 Å². The van der Waals surface area contributed by atoms with Gasteiger partial charge in [0.05, 0.1) is 23.4 Å². The lowest BCUT2D eigenvalue weighted by Crippen LogP contribution is -2.73. The molecule has 0 saturated carbocycles. The van der Waals surface area contributed by atoms with E-state index in [2.05, 4.69) is 10.6 Å². The fraction of sp³-hybridized carbons (Fsp3) is 0.452. The number of nitrogens with two attached hydrogens (primary N) is 2. The minimum absolute atomic E-state index is 0.00306. The molecule has 1 saturated heterocycles. The molecule has 2 aromatic rings. The van der Waals surface area contributed by atoms with Crippen molar-refractivity contribution in [2.45, 2.75) is 81.8 Å². The zero-order valence-corrected chi connectivity index (χ0v) is 25.8. The summed E-state index contributed by atoms with van der Waals surface area (Å²) in [5, 5.41) is 16.1. The number of nitrogens with zero attached hydrogens (tertiary/aromatic N) is 1. The van der Waals surface area contributed by atoms with Crippen LogP contribution in [0.3, 0.4) is 0 Å². The quantitative estimate of drug-likeness (QED) is 0.172. The van der Waals surface area contributed by atoms with Gasteiger partial charge in [-0.2, -0.15) is 0 Å². The Bertz CT molecular complexity index is 1340.